The maximum atomic E-state index is 12.5. The molecule has 0 aromatic carbocycles. The summed E-state index contributed by atoms with van der Waals surface area (Å²) in [5.74, 6) is 0.967. The lowest BCUT2D eigenvalue weighted by Gasteiger charge is -2.33. The molecule has 1 amide bonds. The van der Waals surface area contributed by atoms with Gasteiger partial charge < -0.3 is 20.0 Å². The lowest BCUT2D eigenvalue weighted by atomic mass is 9.97. The van der Waals surface area contributed by atoms with E-state index in [1.165, 1.54) is 0 Å². The van der Waals surface area contributed by atoms with Crippen LogP contribution in [0.2, 0.25) is 0 Å². The first-order chi connectivity index (χ1) is 12.6. The van der Waals surface area contributed by atoms with Crippen LogP contribution >= 0.6 is 0 Å². The molecule has 0 spiro atoms. The largest absolute Gasteiger partial charge is 0.356 e. The average Bonchev–Trinajstić information content (AvgIpc) is 2.66. The van der Waals surface area contributed by atoms with Crippen LogP contribution in [0.5, 0.6) is 0 Å². The van der Waals surface area contributed by atoms with E-state index in [0.29, 0.717) is 6.54 Å². The molecule has 1 N–H and O–H groups in total. The van der Waals surface area contributed by atoms with E-state index in [1.54, 1.807) is 6.20 Å². The molecule has 0 saturated carbocycles. The number of aryl methyl sites for hydroxylation is 1. The molecule has 3 rings (SSSR count). The topological polar surface area (TPSA) is 64.6 Å². The zero-order valence-electron chi connectivity index (χ0n) is 16.2. The fraction of sp³-hybridized carbons (Fsp3) is 0.737. The van der Waals surface area contributed by atoms with Gasteiger partial charge in [-0.25, -0.2) is 9.97 Å². The number of carbonyl (C=O) groups is 1. The number of piperazine rings is 1. The summed E-state index contributed by atoms with van der Waals surface area (Å²) in [6, 6.07) is 1.90. The van der Waals surface area contributed by atoms with Crippen LogP contribution in [0.4, 0.5) is 5.95 Å². The SMILES string of the molecule is Cc1ccnc(N2CCCC(C(=O)NCCCN3CCN(C)CC3)C2)n1. The van der Waals surface area contributed by atoms with E-state index < -0.39 is 0 Å². The number of hydrogen-bond donors (Lipinski definition) is 1. The van der Waals surface area contributed by atoms with Gasteiger partial charge in [0.25, 0.3) is 0 Å². The quantitative estimate of drug-likeness (QED) is 0.756. The number of likely N-dealkylation sites (N-methyl/N-ethyl adjacent to an activating group) is 1. The molecule has 1 atom stereocenters. The van der Waals surface area contributed by atoms with Gasteiger partial charge in [0.15, 0.2) is 0 Å². The molecular weight excluding hydrogens is 328 g/mol. The molecule has 2 aliphatic rings. The molecule has 7 heteroatoms. The summed E-state index contributed by atoms with van der Waals surface area (Å²) in [7, 11) is 2.17. The Kier molecular flexibility index (Phi) is 6.80. The highest BCUT2D eigenvalue weighted by molar-refractivity contribution is 5.79. The first kappa shape index (κ1) is 19.0. The molecule has 2 aliphatic heterocycles. The number of aromatic nitrogens is 2. The minimum absolute atomic E-state index is 0.0384. The molecule has 26 heavy (non-hydrogen) atoms. The maximum Gasteiger partial charge on any atom is 0.225 e. The third-order valence-corrected chi connectivity index (χ3v) is 5.40. The number of carbonyl (C=O) groups excluding carboxylic acids is 1. The summed E-state index contributed by atoms with van der Waals surface area (Å²) in [4.78, 5) is 28.4. The summed E-state index contributed by atoms with van der Waals surface area (Å²) in [6.07, 6.45) is 4.77. The van der Waals surface area contributed by atoms with Crippen molar-refractivity contribution in [3.05, 3.63) is 18.0 Å². The van der Waals surface area contributed by atoms with E-state index in [2.05, 4.69) is 37.0 Å². The van der Waals surface area contributed by atoms with Crippen molar-refractivity contribution < 1.29 is 4.79 Å². The Morgan fingerprint density at radius 3 is 2.85 bits per heavy atom. The summed E-state index contributed by atoms with van der Waals surface area (Å²) < 4.78 is 0. The molecule has 0 aliphatic carbocycles. The van der Waals surface area contributed by atoms with Gasteiger partial charge in [0.05, 0.1) is 5.92 Å². The highest BCUT2D eigenvalue weighted by Gasteiger charge is 2.27. The average molecular weight is 361 g/mol. The number of nitrogens with zero attached hydrogens (tertiary/aromatic N) is 5. The molecule has 3 heterocycles. The number of nitrogens with one attached hydrogen (secondary N) is 1. The van der Waals surface area contributed by atoms with Crippen molar-refractivity contribution in [2.24, 2.45) is 5.92 Å². The van der Waals surface area contributed by atoms with Gasteiger partial charge in [-0.05, 0) is 45.8 Å². The summed E-state index contributed by atoms with van der Waals surface area (Å²) in [5.41, 5.74) is 0.963. The summed E-state index contributed by atoms with van der Waals surface area (Å²) >= 11 is 0. The fourth-order valence-corrected chi connectivity index (χ4v) is 3.69. The predicted octanol–water partition coefficient (Wildman–Crippen LogP) is 0.755. The van der Waals surface area contributed by atoms with Crippen LogP contribution in [0.25, 0.3) is 0 Å². The molecule has 0 radical (unpaired) electrons. The van der Waals surface area contributed by atoms with E-state index >= 15 is 0 Å². The van der Waals surface area contributed by atoms with Gasteiger partial charge in [0, 0.05) is 57.7 Å². The van der Waals surface area contributed by atoms with Crippen molar-refractivity contribution >= 4 is 11.9 Å². The van der Waals surface area contributed by atoms with Gasteiger partial charge in [-0.3, -0.25) is 4.79 Å². The van der Waals surface area contributed by atoms with Crippen LogP contribution in [-0.2, 0) is 4.79 Å². The normalized spacial score (nSPS) is 22.4. The molecule has 1 unspecified atom stereocenters. The zero-order valence-corrected chi connectivity index (χ0v) is 16.2. The van der Waals surface area contributed by atoms with Gasteiger partial charge in [0.1, 0.15) is 0 Å². The molecule has 2 saturated heterocycles. The maximum absolute atomic E-state index is 12.5. The molecule has 0 bridgehead atoms. The molecule has 7 nitrogen and oxygen atoms in total. The van der Waals surface area contributed by atoms with Gasteiger partial charge >= 0.3 is 0 Å². The third-order valence-electron chi connectivity index (χ3n) is 5.40. The van der Waals surface area contributed by atoms with Gasteiger partial charge in [-0.15, -0.1) is 0 Å². The first-order valence-electron chi connectivity index (χ1n) is 9.85. The van der Waals surface area contributed by atoms with Crippen LogP contribution in [0.1, 0.15) is 25.0 Å². The van der Waals surface area contributed by atoms with E-state index in [-0.39, 0.29) is 11.8 Å². The lowest BCUT2D eigenvalue weighted by Crippen LogP contribution is -2.46. The lowest BCUT2D eigenvalue weighted by molar-refractivity contribution is -0.125. The second kappa shape index (κ2) is 9.28. The zero-order chi connectivity index (χ0) is 18.4. The highest BCUT2D eigenvalue weighted by Crippen LogP contribution is 2.20. The summed E-state index contributed by atoms with van der Waals surface area (Å²) in [6.45, 7) is 10.0. The molecule has 144 valence electrons. The van der Waals surface area contributed by atoms with Crippen molar-refractivity contribution in [2.45, 2.75) is 26.2 Å². The molecule has 1 aromatic rings. The van der Waals surface area contributed by atoms with Gasteiger partial charge in [0.2, 0.25) is 11.9 Å². The van der Waals surface area contributed by atoms with Crippen LogP contribution in [0, 0.1) is 12.8 Å². The van der Waals surface area contributed by atoms with Crippen molar-refractivity contribution in [3.8, 4) is 0 Å². The second-order valence-electron chi connectivity index (χ2n) is 7.57. The molecule has 1 aromatic heterocycles. The number of hydrogen-bond acceptors (Lipinski definition) is 6. The minimum Gasteiger partial charge on any atom is -0.356 e. The van der Waals surface area contributed by atoms with E-state index in [0.717, 1.165) is 76.7 Å². The van der Waals surface area contributed by atoms with Crippen molar-refractivity contribution in [3.63, 3.8) is 0 Å². The van der Waals surface area contributed by atoms with Crippen molar-refractivity contribution in [1.82, 2.24) is 25.1 Å². The third kappa shape index (κ3) is 5.38. The Morgan fingerprint density at radius 1 is 1.27 bits per heavy atom. The van der Waals surface area contributed by atoms with E-state index in [1.807, 2.05) is 13.0 Å². The Bertz CT molecular complexity index is 587. The Balaban J connectivity index is 1.39. The van der Waals surface area contributed by atoms with Crippen LogP contribution in [0.3, 0.4) is 0 Å². The molecular formula is C19H32N6O. The Morgan fingerprint density at radius 2 is 2.08 bits per heavy atom. The van der Waals surface area contributed by atoms with Crippen LogP contribution < -0.4 is 10.2 Å². The first-order valence-corrected chi connectivity index (χ1v) is 9.85. The standard InChI is InChI=1S/C19H32N6O/c1-16-6-8-21-19(22-16)25-10-3-5-17(15-25)18(26)20-7-4-9-24-13-11-23(2)12-14-24/h6,8,17H,3-5,7,9-15H2,1-2H3,(H,20,26). The minimum atomic E-state index is 0.0384. The monoisotopic (exact) mass is 360 g/mol. The number of amides is 1. The Hall–Kier alpha value is -1.73. The van der Waals surface area contributed by atoms with Crippen LogP contribution in [0.15, 0.2) is 12.3 Å². The van der Waals surface area contributed by atoms with Crippen molar-refractivity contribution in [2.75, 3.05) is 64.3 Å². The smallest absolute Gasteiger partial charge is 0.225 e. The molecule has 2 fully saturated rings. The number of anilines is 1. The Labute approximate surface area is 156 Å². The summed E-state index contributed by atoms with van der Waals surface area (Å²) in [5, 5.41) is 3.14. The van der Waals surface area contributed by atoms with Crippen molar-refractivity contribution in [1.29, 1.82) is 0 Å². The van der Waals surface area contributed by atoms with E-state index in [4.69, 9.17) is 0 Å². The van der Waals surface area contributed by atoms with Gasteiger partial charge in [-0.1, -0.05) is 0 Å². The van der Waals surface area contributed by atoms with E-state index in [9.17, 15) is 4.79 Å². The number of rotatable bonds is 6. The number of piperidine rings is 1. The van der Waals surface area contributed by atoms with Gasteiger partial charge in [-0.2, -0.15) is 0 Å². The van der Waals surface area contributed by atoms with Crippen LogP contribution in [-0.4, -0.2) is 85.1 Å². The highest BCUT2D eigenvalue weighted by atomic mass is 16.1. The predicted molar refractivity (Wildman–Crippen MR) is 103 cm³/mol. The fourth-order valence-electron chi connectivity index (χ4n) is 3.69. The second-order valence-corrected chi connectivity index (χ2v) is 7.57.